The van der Waals surface area contributed by atoms with Gasteiger partial charge in [-0.3, -0.25) is 4.79 Å². The lowest BCUT2D eigenvalue weighted by atomic mass is 9.46. The molecule has 0 aromatic rings. The summed E-state index contributed by atoms with van der Waals surface area (Å²) in [6.07, 6.45) is 20.9. The minimum Gasteiger partial charge on any atom is -0.446 e. The van der Waals surface area contributed by atoms with Crippen LogP contribution in [0.2, 0.25) is 0 Å². The predicted octanol–water partition coefficient (Wildman–Crippen LogP) is 6.77. The first kappa shape index (κ1) is 38.2. The first-order valence-corrected chi connectivity index (χ1v) is 19.7. The number of carbonyl (C=O) groups excluding carboxylic acids is 2. The van der Waals surface area contributed by atoms with Gasteiger partial charge in [0.05, 0.1) is 0 Å². The lowest BCUT2D eigenvalue weighted by molar-refractivity contribution is -0.130. The molecule has 4 rings (SSSR count). The SMILES string of the molecule is CC(C)CCCC(C)C12CCCC1C1CC=C3CC(OC(=O)NCC(=O)N(CCCN)CCCCNCCCN)CCC3(C)C1CC2. The summed E-state index contributed by atoms with van der Waals surface area (Å²) in [6, 6.07) is 0. The maximum atomic E-state index is 13.0. The summed E-state index contributed by atoms with van der Waals surface area (Å²) in [5, 5.41) is 6.16. The number of nitrogens with zero attached hydrogens (tertiary/aromatic N) is 1. The second kappa shape index (κ2) is 18.4. The Hall–Kier alpha value is -1.64. The molecule has 4 aliphatic carbocycles. The highest BCUT2D eigenvalue weighted by Crippen LogP contribution is 2.67. The van der Waals surface area contributed by atoms with Crippen LogP contribution in [0.5, 0.6) is 0 Å². The lowest BCUT2D eigenvalue weighted by Crippen LogP contribution is -2.51. The number of fused-ring (bicyclic) bond motifs is 5. The fraction of sp³-hybridized carbons (Fsp3) is 0.897. The number of nitrogens with one attached hydrogen (secondary N) is 2. The Kier molecular flexibility index (Phi) is 14.9. The minimum absolute atomic E-state index is 0.0337. The van der Waals surface area contributed by atoms with Crippen molar-refractivity contribution in [2.45, 2.75) is 137 Å². The van der Waals surface area contributed by atoms with Gasteiger partial charge in [-0.05, 0) is 137 Å². The van der Waals surface area contributed by atoms with Gasteiger partial charge in [0.1, 0.15) is 12.6 Å². The van der Waals surface area contributed by atoms with Crippen molar-refractivity contribution in [1.82, 2.24) is 15.5 Å². The van der Waals surface area contributed by atoms with Gasteiger partial charge >= 0.3 is 6.09 Å². The van der Waals surface area contributed by atoms with Crippen LogP contribution in [-0.2, 0) is 9.53 Å². The zero-order chi connectivity index (χ0) is 33.9. The smallest absolute Gasteiger partial charge is 0.407 e. The summed E-state index contributed by atoms with van der Waals surface area (Å²) < 4.78 is 5.95. The van der Waals surface area contributed by atoms with E-state index in [2.05, 4.69) is 44.4 Å². The molecule has 3 fully saturated rings. The molecule has 0 aromatic heterocycles. The van der Waals surface area contributed by atoms with Gasteiger partial charge in [-0.1, -0.05) is 65.0 Å². The standard InChI is InChI=1S/C39H71N5O3/c1-29(2)11-7-12-30(3)39-18-8-13-35(39)33-15-14-31-27-32(16-19-38(31,4)34(33)17-20-39)47-37(46)43-28-36(45)44(26-10-22-41)25-6-5-23-42-24-9-21-40/h14,29-30,32-35,42H,5-13,15-28,40-41H2,1-4H3,(H,43,46). The Bertz CT molecular complexity index is 1020. The average molecular weight is 658 g/mol. The van der Waals surface area contributed by atoms with Crippen LogP contribution in [0.15, 0.2) is 11.6 Å². The molecule has 0 heterocycles. The summed E-state index contributed by atoms with van der Waals surface area (Å²) in [7, 11) is 0. The van der Waals surface area contributed by atoms with Crippen molar-refractivity contribution in [3.8, 4) is 0 Å². The number of hydrogen-bond donors (Lipinski definition) is 4. The summed E-state index contributed by atoms with van der Waals surface area (Å²) in [5.74, 6) is 4.03. The predicted molar refractivity (Wildman–Crippen MR) is 193 cm³/mol. The van der Waals surface area contributed by atoms with Crippen LogP contribution in [0.25, 0.3) is 0 Å². The zero-order valence-corrected chi connectivity index (χ0v) is 30.6. The Morgan fingerprint density at radius 1 is 0.936 bits per heavy atom. The largest absolute Gasteiger partial charge is 0.446 e. The van der Waals surface area contributed by atoms with Crippen LogP contribution in [0.4, 0.5) is 4.79 Å². The molecule has 4 aliphatic rings. The summed E-state index contributed by atoms with van der Waals surface area (Å²) in [5.41, 5.74) is 13.6. The van der Waals surface area contributed by atoms with E-state index < -0.39 is 6.09 Å². The van der Waals surface area contributed by atoms with E-state index in [-0.39, 0.29) is 24.0 Å². The van der Waals surface area contributed by atoms with Crippen LogP contribution in [0, 0.1) is 40.4 Å². The molecular formula is C39H71N5O3. The summed E-state index contributed by atoms with van der Waals surface area (Å²) >= 11 is 0. The lowest BCUT2D eigenvalue weighted by Gasteiger charge is -2.59. The third-order valence-corrected chi connectivity index (χ3v) is 13.1. The highest BCUT2D eigenvalue weighted by molar-refractivity contribution is 5.82. The van der Waals surface area contributed by atoms with Crippen LogP contribution in [0.1, 0.15) is 130 Å². The third-order valence-electron chi connectivity index (χ3n) is 13.1. The Labute approximate surface area is 287 Å². The number of carbonyl (C=O) groups is 2. The summed E-state index contributed by atoms with van der Waals surface area (Å²) in [4.78, 5) is 27.7. The minimum atomic E-state index is -0.469. The summed E-state index contributed by atoms with van der Waals surface area (Å²) in [6.45, 7) is 14.2. The van der Waals surface area contributed by atoms with Gasteiger partial charge in [-0.2, -0.15) is 0 Å². The molecule has 2 amide bonds. The van der Waals surface area contributed by atoms with Crippen molar-refractivity contribution in [3.05, 3.63) is 11.6 Å². The van der Waals surface area contributed by atoms with Crippen molar-refractivity contribution >= 4 is 12.0 Å². The van der Waals surface area contributed by atoms with Crippen molar-refractivity contribution in [1.29, 1.82) is 0 Å². The van der Waals surface area contributed by atoms with Gasteiger partial charge < -0.3 is 31.7 Å². The Morgan fingerprint density at radius 3 is 2.47 bits per heavy atom. The van der Waals surface area contributed by atoms with E-state index in [9.17, 15) is 9.59 Å². The van der Waals surface area contributed by atoms with E-state index in [0.29, 0.717) is 31.6 Å². The maximum absolute atomic E-state index is 13.0. The molecule has 6 N–H and O–H groups in total. The fourth-order valence-corrected chi connectivity index (χ4v) is 10.4. The second-order valence-electron chi connectivity index (χ2n) is 16.4. The van der Waals surface area contributed by atoms with Crippen molar-refractivity contribution in [2.24, 2.45) is 51.9 Å². The van der Waals surface area contributed by atoms with Gasteiger partial charge in [-0.25, -0.2) is 4.79 Å². The first-order valence-electron chi connectivity index (χ1n) is 19.7. The van der Waals surface area contributed by atoms with Crippen molar-refractivity contribution < 1.29 is 14.3 Å². The molecule has 0 aliphatic heterocycles. The van der Waals surface area contributed by atoms with E-state index in [1.54, 1.807) is 0 Å². The molecule has 0 saturated heterocycles. The molecule has 3 saturated carbocycles. The highest BCUT2D eigenvalue weighted by Gasteiger charge is 2.58. The van der Waals surface area contributed by atoms with Crippen LogP contribution in [0.3, 0.4) is 0 Å². The maximum Gasteiger partial charge on any atom is 0.407 e. The number of ether oxygens (including phenoxy) is 1. The normalized spacial score (nSPS) is 30.6. The molecule has 8 heteroatoms. The molecule has 7 unspecified atom stereocenters. The molecule has 47 heavy (non-hydrogen) atoms. The molecule has 270 valence electrons. The molecule has 0 aromatic carbocycles. The topological polar surface area (TPSA) is 123 Å². The highest BCUT2D eigenvalue weighted by atomic mass is 16.6. The van der Waals surface area contributed by atoms with Gasteiger partial charge in [0.2, 0.25) is 5.91 Å². The van der Waals surface area contributed by atoms with E-state index in [1.165, 1.54) is 63.4 Å². The van der Waals surface area contributed by atoms with Crippen LogP contribution in [-0.4, -0.2) is 68.8 Å². The molecule has 0 bridgehead atoms. The van der Waals surface area contributed by atoms with E-state index in [4.69, 9.17) is 16.2 Å². The van der Waals surface area contributed by atoms with Gasteiger partial charge in [-0.15, -0.1) is 0 Å². The molecule has 0 spiro atoms. The van der Waals surface area contributed by atoms with E-state index in [0.717, 1.165) is 87.6 Å². The average Bonchev–Trinajstić information content (AvgIpc) is 3.50. The number of rotatable bonds is 19. The number of alkyl carbamates (subject to hydrolysis) is 1. The van der Waals surface area contributed by atoms with E-state index in [1.807, 2.05) is 4.90 Å². The molecule has 8 nitrogen and oxygen atoms in total. The van der Waals surface area contributed by atoms with E-state index >= 15 is 0 Å². The molecular weight excluding hydrogens is 586 g/mol. The van der Waals surface area contributed by atoms with Gasteiger partial charge in [0, 0.05) is 19.5 Å². The number of amides is 2. The van der Waals surface area contributed by atoms with Crippen molar-refractivity contribution in [3.63, 3.8) is 0 Å². The van der Waals surface area contributed by atoms with Crippen molar-refractivity contribution in [2.75, 3.05) is 45.8 Å². The monoisotopic (exact) mass is 658 g/mol. The number of allylic oxidation sites excluding steroid dienone is 1. The van der Waals surface area contributed by atoms with Gasteiger partial charge in [0.15, 0.2) is 0 Å². The quantitative estimate of drug-likeness (QED) is 0.0898. The number of unbranched alkanes of at least 4 members (excludes halogenated alkanes) is 1. The zero-order valence-electron chi connectivity index (χ0n) is 30.6. The first-order chi connectivity index (χ1) is 22.6. The van der Waals surface area contributed by atoms with Crippen LogP contribution < -0.4 is 22.1 Å². The Morgan fingerprint density at radius 2 is 1.70 bits per heavy atom. The Balaban J connectivity index is 1.25. The fourth-order valence-electron chi connectivity index (χ4n) is 10.4. The number of nitrogens with two attached hydrogens (primary N) is 2. The number of hydrogen-bond acceptors (Lipinski definition) is 6. The van der Waals surface area contributed by atoms with Crippen LogP contribution >= 0.6 is 0 Å². The van der Waals surface area contributed by atoms with Gasteiger partial charge in [0.25, 0.3) is 0 Å². The molecule has 7 atom stereocenters. The second-order valence-corrected chi connectivity index (χ2v) is 16.4. The molecule has 0 radical (unpaired) electrons. The third kappa shape index (κ3) is 9.75.